The molecule has 0 aliphatic carbocycles. The zero-order valence-corrected chi connectivity index (χ0v) is 11.6. The van der Waals surface area contributed by atoms with Crippen molar-refractivity contribution in [1.82, 2.24) is 5.32 Å². The van der Waals surface area contributed by atoms with E-state index in [1.807, 2.05) is 0 Å². The van der Waals surface area contributed by atoms with Gasteiger partial charge in [0.2, 0.25) is 0 Å². The molecule has 1 heterocycles. The quantitative estimate of drug-likeness (QED) is 0.885. The number of anilines is 1. The molecule has 2 nitrogen and oxygen atoms in total. The summed E-state index contributed by atoms with van der Waals surface area (Å²) < 4.78 is 26.6. The number of halogens is 2. The average Bonchev–Trinajstić information content (AvgIpc) is 2.32. The molecule has 106 valence electrons. The van der Waals surface area contributed by atoms with Crippen LogP contribution in [-0.2, 0) is 0 Å². The van der Waals surface area contributed by atoms with Gasteiger partial charge in [-0.15, -0.1) is 0 Å². The molecule has 2 rings (SSSR count). The van der Waals surface area contributed by atoms with Crippen LogP contribution in [0.4, 0.5) is 14.5 Å². The Bertz CT molecular complexity index is 402. The van der Waals surface area contributed by atoms with Gasteiger partial charge in [0.15, 0.2) is 0 Å². The summed E-state index contributed by atoms with van der Waals surface area (Å²) >= 11 is 0. The number of rotatable bonds is 2. The first-order valence-electron chi connectivity index (χ1n) is 7.05. The third-order valence-electron chi connectivity index (χ3n) is 3.80. The lowest BCUT2D eigenvalue weighted by Crippen LogP contribution is -2.44. The summed E-state index contributed by atoms with van der Waals surface area (Å²) in [6.07, 6.45) is 3.06. The van der Waals surface area contributed by atoms with Crippen molar-refractivity contribution in [2.24, 2.45) is 0 Å². The van der Waals surface area contributed by atoms with E-state index in [1.165, 1.54) is 12.1 Å². The highest BCUT2D eigenvalue weighted by Gasteiger charge is 2.18. The predicted molar refractivity (Wildman–Crippen MR) is 74.5 cm³/mol. The lowest BCUT2D eigenvalue weighted by atomic mass is 10.1. The Balaban J connectivity index is 2.13. The van der Waals surface area contributed by atoms with Crippen molar-refractivity contribution in [1.29, 1.82) is 0 Å². The Hall–Kier alpha value is -1.16. The number of hydrogen-bond donors (Lipinski definition) is 1. The van der Waals surface area contributed by atoms with E-state index >= 15 is 0 Å². The topological polar surface area (TPSA) is 15.3 Å². The van der Waals surface area contributed by atoms with Gasteiger partial charge in [0.25, 0.3) is 0 Å². The van der Waals surface area contributed by atoms with Crippen molar-refractivity contribution < 1.29 is 8.78 Å². The van der Waals surface area contributed by atoms with E-state index in [2.05, 4.69) is 24.1 Å². The van der Waals surface area contributed by atoms with Crippen LogP contribution in [0.3, 0.4) is 0 Å². The van der Waals surface area contributed by atoms with Crippen LogP contribution in [0.5, 0.6) is 0 Å². The molecule has 1 fully saturated rings. The normalized spacial score (nSPS) is 24.9. The second kappa shape index (κ2) is 6.33. The molecule has 0 bridgehead atoms. The first kappa shape index (κ1) is 14.3. The monoisotopic (exact) mass is 268 g/mol. The molecule has 1 N–H and O–H groups in total. The summed E-state index contributed by atoms with van der Waals surface area (Å²) in [5.41, 5.74) is 0.654. The lowest BCUT2D eigenvalue weighted by Gasteiger charge is -2.33. The van der Waals surface area contributed by atoms with Crippen LogP contribution in [0.25, 0.3) is 0 Å². The Morgan fingerprint density at radius 2 is 1.79 bits per heavy atom. The molecule has 1 saturated heterocycles. The van der Waals surface area contributed by atoms with Crippen LogP contribution in [0.2, 0.25) is 0 Å². The summed E-state index contributed by atoms with van der Waals surface area (Å²) in [5, 5.41) is 3.59. The van der Waals surface area contributed by atoms with Crippen LogP contribution in [0, 0.1) is 11.6 Å². The third kappa shape index (κ3) is 3.90. The summed E-state index contributed by atoms with van der Waals surface area (Å²) in [7, 11) is 0. The second-order valence-corrected chi connectivity index (χ2v) is 5.36. The predicted octanol–water partition coefficient (Wildman–Crippen LogP) is 3.32. The minimum atomic E-state index is -0.504. The fourth-order valence-corrected chi connectivity index (χ4v) is 2.64. The molecular weight excluding hydrogens is 246 g/mol. The van der Waals surface area contributed by atoms with E-state index in [9.17, 15) is 8.78 Å². The van der Waals surface area contributed by atoms with E-state index in [1.54, 1.807) is 0 Å². The molecular formula is C15H22F2N2. The minimum Gasteiger partial charge on any atom is -0.371 e. The van der Waals surface area contributed by atoms with Gasteiger partial charge in [-0.25, -0.2) is 8.78 Å². The Morgan fingerprint density at radius 3 is 2.42 bits per heavy atom. The third-order valence-corrected chi connectivity index (χ3v) is 3.80. The average molecular weight is 268 g/mol. The highest BCUT2D eigenvalue weighted by atomic mass is 19.1. The standard InChI is InChI=1S/C15H22F2N2/c1-3-14-5-7-19(6-4-11(2)18-14)15-9-12(16)8-13(17)10-15/h8-11,14,18H,3-7H2,1-2H3. The first-order chi connectivity index (χ1) is 9.08. The van der Waals surface area contributed by atoms with Gasteiger partial charge in [0.1, 0.15) is 11.6 Å². The minimum absolute atomic E-state index is 0.436. The molecule has 0 spiro atoms. The second-order valence-electron chi connectivity index (χ2n) is 5.36. The van der Waals surface area contributed by atoms with Gasteiger partial charge in [-0.1, -0.05) is 6.92 Å². The Morgan fingerprint density at radius 1 is 1.16 bits per heavy atom. The van der Waals surface area contributed by atoms with Crippen molar-refractivity contribution in [3.8, 4) is 0 Å². The zero-order valence-electron chi connectivity index (χ0n) is 11.6. The number of benzene rings is 1. The number of hydrogen-bond acceptors (Lipinski definition) is 2. The van der Waals surface area contributed by atoms with E-state index < -0.39 is 11.6 Å². The van der Waals surface area contributed by atoms with E-state index in [0.717, 1.165) is 38.4 Å². The molecule has 0 aromatic heterocycles. The summed E-state index contributed by atoms with van der Waals surface area (Å²) in [6, 6.07) is 4.68. The van der Waals surface area contributed by atoms with Crippen molar-refractivity contribution in [2.75, 3.05) is 18.0 Å². The van der Waals surface area contributed by atoms with Crippen molar-refractivity contribution in [3.05, 3.63) is 29.8 Å². The van der Waals surface area contributed by atoms with Crippen LogP contribution < -0.4 is 10.2 Å². The molecule has 1 aromatic rings. The van der Waals surface area contributed by atoms with Gasteiger partial charge in [-0.05, 0) is 38.3 Å². The van der Waals surface area contributed by atoms with E-state index in [0.29, 0.717) is 17.8 Å². The maximum Gasteiger partial charge on any atom is 0.128 e. The maximum absolute atomic E-state index is 13.3. The number of nitrogens with zero attached hydrogens (tertiary/aromatic N) is 1. The molecule has 0 saturated carbocycles. The molecule has 0 radical (unpaired) electrons. The molecule has 0 amide bonds. The fraction of sp³-hybridized carbons (Fsp3) is 0.600. The van der Waals surface area contributed by atoms with Gasteiger partial charge < -0.3 is 10.2 Å². The molecule has 1 aromatic carbocycles. The molecule has 1 aliphatic heterocycles. The van der Waals surface area contributed by atoms with Crippen LogP contribution in [0.15, 0.2) is 18.2 Å². The van der Waals surface area contributed by atoms with Gasteiger partial charge in [-0.2, -0.15) is 0 Å². The Labute approximate surface area is 113 Å². The lowest BCUT2D eigenvalue weighted by molar-refractivity contribution is 0.378. The SMILES string of the molecule is CCC1CCN(c2cc(F)cc(F)c2)CCC(C)N1. The Kier molecular flexibility index (Phi) is 4.75. The molecule has 2 unspecified atom stereocenters. The fourth-order valence-electron chi connectivity index (χ4n) is 2.64. The maximum atomic E-state index is 13.3. The van der Waals surface area contributed by atoms with Gasteiger partial charge in [0, 0.05) is 36.9 Å². The smallest absolute Gasteiger partial charge is 0.128 e. The van der Waals surface area contributed by atoms with Crippen LogP contribution in [-0.4, -0.2) is 25.2 Å². The van der Waals surface area contributed by atoms with Crippen molar-refractivity contribution >= 4 is 5.69 Å². The summed E-state index contributed by atoms with van der Waals surface area (Å²) in [4.78, 5) is 2.09. The highest BCUT2D eigenvalue weighted by Crippen LogP contribution is 2.21. The molecule has 19 heavy (non-hydrogen) atoms. The van der Waals surface area contributed by atoms with Gasteiger partial charge in [-0.3, -0.25) is 0 Å². The van der Waals surface area contributed by atoms with Gasteiger partial charge in [0.05, 0.1) is 0 Å². The van der Waals surface area contributed by atoms with E-state index in [4.69, 9.17) is 0 Å². The zero-order chi connectivity index (χ0) is 13.8. The molecule has 2 atom stereocenters. The first-order valence-corrected chi connectivity index (χ1v) is 7.05. The van der Waals surface area contributed by atoms with E-state index in [-0.39, 0.29) is 0 Å². The highest BCUT2D eigenvalue weighted by molar-refractivity contribution is 5.47. The molecule has 1 aliphatic rings. The van der Waals surface area contributed by atoms with Crippen LogP contribution >= 0.6 is 0 Å². The summed E-state index contributed by atoms with van der Waals surface area (Å²) in [5.74, 6) is -1.01. The van der Waals surface area contributed by atoms with Crippen LogP contribution in [0.1, 0.15) is 33.1 Å². The van der Waals surface area contributed by atoms with Crippen molar-refractivity contribution in [2.45, 2.75) is 45.2 Å². The molecule has 4 heteroatoms. The number of nitrogens with one attached hydrogen (secondary N) is 1. The van der Waals surface area contributed by atoms with Crippen molar-refractivity contribution in [3.63, 3.8) is 0 Å². The summed E-state index contributed by atoms with van der Waals surface area (Å²) in [6.45, 7) is 5.99. The largest absolute Gasteiger partial charge is 0.371 e. The van der Waals surface area contributed by atoms with Gasteiger partial charge >= 0.3 is 0 Å².